The molecule has 184 valence electrons. The van der Waals surface area contributed by atoms with E-state index in [1.165, 1.54) is 38.5 Å². The van der Waals surface area contributed by atoms with E-state index in [0.29, 0.717) is 23.5 Å². The van der Waals surface area contributed by atoms with Gasteiger partial charge in [-0.05, 0) is 54.1 Å². The Labute approximate surface area is 207 Å². The van der Waals surface area contributed by atoms with Crippen LogP contribution in [-0.4, -0.2) is 51.0 Å². The highest BCUT2D eigenvalue weighted by molar-refractivity contribution is 7.91. The van der Waals surface area contributed by atoms with Gasteiger partial charge in [-0.3, -0.25) is 14.5 Å². The van der Waals surface area contributed by atoms with Gasteiger partial charge in [0.25, 0.3) is 11.8 Å². The number of phenolic OH excluding ortho intramolecular Hbond substituents is 1. The fourth-order valence-corrected chi connectivity index (χ4v) is 6.17. The third-order valence-electron chi connectivity index (χ3n) is 5.73. The largest absolute Gasteiger partial charge is 0.507 e. The molecule has 2 heterocycles. The van der Waals surface area contributed by atoms with E-state index in [-0.39, 0.29) is 34.1 Å². The maximum Gasteiger partial charge on any atom is 0.265 e. The van der Waals surface area contributed by atoms with Gasteiger partial charge in [0.2, 0.25) is 10.0 Å². The normalized spacial score (nSPS) is 14.2. The maximum absolute atomic E-state index is 13.2. The number of nitrogens with one attached hydrogen (secondary N) is 1. The number of hydrogen-bond acceptors (Lipinski definition) is 8. The zero-order valence-corrected chi connectivity index (χ0v) is 20.7. The van der Waals surface area contributed by atoms with Crippen molar-refractivity contribution in [2.45, 2.75) is 23.1 Å². The number of fused-ring (bicyclic) bond motifs is 1. The average Bonchev–Trinajstić information content (AvgIpc) is 3.48. The molecule has 1 aliphatic rings. The third kappa shape index (κ3) is 4.75. The number of amides is 2. The van der Waals surface area contributed by atoms with Gasteiger partial charge in [-0.25, -0.2) is 13.1 Å². The van der Waals surface area contributed by atoms with Gasteiger partial charge in [0.15, 0.2) is 11.5 Å². The smallest absolute Gasteiger partial charge is 0.265 e. The summed E-state index contributed by atoms with van der Waals surface area (Å²) in [6, 6.07) is 11.9. The van der Waals surface area contributed by atoms with E-state index >= 15 is 0 Å². The first kappa shape index (κ1) is 24.7. The summed E-state index contributed by atoms with van der Waals surface area (Å²) in [5.74, 6) is -0.494. The number of thiophene rings is 1. The molecular weight excluding hydrogens is 492 g/mol. The number of hydrogen-bond donors (Lipinski definition) is 2. The SMILES string of the molecule is COc1ccc(C(CCCNS(=O)(=O)c2cccs2)N2C(=O)c3cccc(O)c3C2=O)cc1OC. The molecule has 0 saturated carbocycles. The topological polar surface area (TPSA) is 122 Å². The van der Waals surface area contributed by atoms with Crippen molar-refractivity contribution in [3.8, 4) is 17.2 Å². The van der Waals surface area contributed by atoms with Crippen molar-refractivity contribution < 1.29 is 32.6 Å². The van der Waals surface area contributed by atoms with E-state index in [4.69, 9.17) is 9.47 Å². The standard InChI is InChI=1S/C24H24N2O7S2/c1-32-19-11-10-15(14-20(19)33-2)17(7-4-12-25-35(30,31)21-9-5-13-34-21)26-23(28)16-6-3-8-18(27)22(16)24(26)29/h3,5-6,8-11,13-14,17,25,27H,4,7,12H2,1-2H3. The monoisotopic (exact) mass is 516 g/mol. The molecule has 11 heteroatoms. The van der Waals surface area contributed by atoms with Crippen LogP contribution in [0.5, 0.6) is 17.2 Å². The Kier molecular flexibility index (Phi) is 7.10. The minimum atomic E-state index is -3.64. The summed E-state index contributed by atoms with van der Waals surface area (Å²) in [5.41, 5.74) is 0.693. The lowest BCUT2D eigenvalue weighted by Crippen LogP contribution is -2.35. The summed E-state index contributed by atoms with van der Waals surface area (Å²) in [5, 5.41) is 11.9. The van der Waals surface area contributed by atoms with E-state index < -0.39 is 27.9 Å². The van der Waals surface area contributed by atoms with Gasteiger partial charge >= 0.3 is 0 Å². The number of carbonyl (C=O) groups excluding carboxylic acids is 2. The molecule has 0 bridgehead atoms. The van der Waals surface area contributed by atoms with Crippen LogP contribution in [-0.2, 0) is 10.0 Å². The quantitative estimate of drug-likeness (QED) is 0.312. The number of phenols is 1. The molecule has 0 radical (unpaired) electrons. The van der Waals surface area contributed by atoms with Crippen LogP contribution in [0, 0.1) is 0 Å². The predicted octanol–water partition coefficient (Wildman–Crippen LogP) is 3.57. The minimum Gasteiger partial charge on any atom is -0.507 e. The molecule has 9 nitrogen and oxygen atoms in total. The Bertz CT molecular complexity index is 1350. The summed E-state index contributed by atoms with van der Waals surface area (Å²) < 4.78 is 38.3. The molecule has 1 atom stereocenters. The number of carbonyl (C=O) groups is 2. The van der Waals surface area contributed by atoms with Crippen LogP contribution < -0.4 is 14.2 Å². The number of nitrogens with zero attached hydrogens (tertiary/aromatic N) is 1. The molecule has 0 fully saturated rings. The lowest BCUT2D eigenvalue weighted by molar-refractivity contribution is 0.0571. The number of ether oxygens (including phenoxy) is 2. The molecule has 0 saturated heterocycles. The molecule has 3 aromatic rings. The highest BCUT2D eigenvalue weighted by atomic mass is 32.2. The van der Waals surface area contributed by atoms with E-state index in [2.05, 4.69) is 4.72 Å². The van der Waals surface area contributed by atoms with Gasteiger partial charge in [0.05, 0.1) is 31.4 Å². The molecule has 1 aromatic heterocycles. The lowest BCUT2D eigenvalue weighted by atomic mass is 9.99. The van der Waals surface area contributed by atoms with E-state index in [0.717, 1.165) is 16.2 Å². The highest BCUT2D eigenvalue weighted by Crippen LogP contribution is 2.39. The van der Waals surface area contributed by atoms with Crippen LogP contribution in [0.2, 0.25) is 0 Å². The van der Waals surface area contributed by atoms with E-state index in [1.807, 2.05) is 0 Å². The van der Waals surface area contributed by atoms with Crippen LogP contribution in [0.15, 0.2) is 58.1 Å². The number of rotatable bonds is 10. The summed E-state index contributed by atoms with van der Waals surface area (Å²) in [6.45, 7) is 0.110. The molecule has 4 rings (SSSR count). The molecule has 1 unspecified atom stereocenters. The Balaban J connectivity index is 1.61. The van der Waals surface area contributed by atoms with Crippen LogP contribution in [0.25, 0.3) is 0 Å². The summed E-state index contributed by atoms with van der Waals surface area (Å²) >= 11 is 1.12. The Morgan fingerprint density at radius 2 is 1.80 bits per heavy atom. The van der Waals surface area contributed by atoms with Crippen molar-refractivity contribution in [3.05, 3.63) is 70.6 Å². The summed E-state index contributed by atoms with van der Waals surface area (Å²) in [4.78, 5) is 27.6. The second kappa shape index (κ2) is 10.1. The third-order valence-corrected chi connectivity index (χ3v) is 8.59. The predicted molar refractivity (Wildman–Crippen MR) is 130 cm³/mol. The van der Waals surface area contributed by atoms with Crippen molar-refractivity contribution in [2.24, 2.45) is 0 Å². The molecule has 0 aliphatic carbocycles. The first-order valence-corrected chi connectivity index (χ1v) is 13.1. The number of benzene rings is 2. The van der Waals surface area contributed by atoms with Crippen molar-refractivity contribution in [3.63, 3.8) is 0 Å². The number of imide groups is 1. The fraction of sp³-hybridized carbons (Fsp3) is 0.250. The Hall–Kier alpha value is -3.41. The van der Waals surface area contributed by atoms with Gasteiger partial charge < -0.3 is 14.6 Å². The minimum absolute atomic E-state index is 0.0404. The Morgan fingerprint density at radius 3 is 2.46 bits per heavy atom. The summed E-state index contributed by atoms with van der Waals surface area (Å²) in [7, 11) is -0.654. The zero-order chi connectivity index (χ0) is 25.2. The average molecular weight is 517 g/mol. The second-order valence-electron chi connectivity index (χ2n) is 7.78. The number of aromatic hydroxyl groups is 1. The summed E-state index contributed by atoms with van der Waals surface area (Å²) in [6.07, 6.45) is 0.609. The van der Waals surface area contributed by atoms with Gasteiger partial charge in [-0.1, -0.05) is 18.2 Å². The molecule has 2 amide bonds. The number of methoxy groups -OCH3 is 2. The molecule has 35 heavy (non-hydrogen) atoms. The number of sulfonamides is 1. The molecular formula is C24H24N2O7S2. The fourth-order valence-electron chi connectivity index (χ4n) is 4.06. The van der Waals surface area contributed by atoms with Gasteiger partial charge in [0.1, 0.15) is 9.96 Å². The first-order valence-electron chi connectivity index (χ1n) is 10.7. The van der Waals surface area contributed by atoms with Gasteiger partial charge in [-0.2, -0.15) is 0 Å². The highest BCUT2D eigenvalue weighted by Gasteiger charge is 2.42. The zero-order valence-electron chi connectivity index (χ0n) is 19.1. The van der Waals surface area contributed by atoms with Crippen molar-refractivity contribution in [1.82, 2.24) is 9.62 Å². The molecule has 1 aliphatic heterocycles. The van der Waals surface area contributed by atoms with Crippen molar-refractivity contribution in [2.75, 3.05) is 20.8 Å². The molecule has 2 N–H and O–H groups in total. The van der Waals surface area contributed by atoms with E-state index in [1.54, 1.807) is 29.6 Å². The molecule has 0 spiro atoms. The van der Waals surface area contributed by atoms with Crippen LogP contribution >= 0.6 is 11.3 Å². The van der Waals surface area contributed by atoms with Crippen LogP contribution in [0.3, 0.4) is 0 Å². The lowest BCUT2D eigenvalue weighted by Gasteiger charge is -2.27. The van der Waals surface area contributed by atoms with Gasteiger partial charge in [0, 0.05) is 6.54 Å². The van der Waals surface area contributed by atoms with Crippen LogP contribution in [0.1, 0.15) is 45.2 Å². The van der Waals surface area contributed by atoms with Crippen molar-refractivity contribution in [1.29, 1.82) is 0 Å². The maximum atomic E-state index is 13.2. The first-order chi connectivity index (χ1) is 16.8. The second-order valence-corrected chi connectivity index (χ2v) is 10.7. The van der Waals surface area contributed by atoms with E-state index in [9.17, 15) is 23.1 Å². The van der Waals surface area contributed by atoms with Crippen molar-refractivity contribution >= 4 is 33.2 Å². The Morgan fingerprint density at radius 1 is 1.03 bits per heavy atom. The van der Waals surface area contributed by atoms with Crippen LogP contribution in [0.4, 0.5) is 0 Å². The van der Waals surface area contributed by atoms with Gasteiger partial charge in [-0.15, -0.1) is 11.3 Å². The molecule has 2 aromatic carbocycles.